The second-order valence-electron chi connectivity index (χ2n) is 8.50. The lowest BCUT2D eigenvalue weighted by Crippen LogP contribution is -2.40. The van der Waals surface area contributed by atoms with Gasteiger partial charge >= 0.3 is 17.9 Å². The van der Waals surface area contributed by atoms with Gasteiger partial charge in [-0.05, 0) is 19.1 Å². The number of aryl methyl sites for hydroxylation is 1. The number of imidazole rings is 1. The summed E-state index contributed by atoms with van der Waals surface area (Å²) in [5.74, 6) is -2.05. The molecule has 1 aromatic carbocycles. The molecule has 0 spiro atoms. The van der Waals surface area contributed by atoms with E-state index in [4.69, 9.17) is 18.9 Å². The van der Waals surface area contributed by atoms with Crippen molar-refractivity contribution in [1.82, 2.24) is 18.5 Å². The van der Waals surface area contributed by atoms with Gasteiger partial charge in [-0.25, -0.2) is 18.4 Å². The maximum Gasteiger partial charge on any atom is 0.303 e. The van der Waals surface area contributed by atoms with Crippen LogP contribution >= 0.6 is 0 Å². The van der Waals surface area contributed by atoms with E-state index < -0.39 is 58.0 Å². The molecule has 1 aliphatic heterocycles. The Labute approximate surface area is 216 Å². The summed E-state index contributed by atoms with van der Waals surface area (Å²) in [6.07, 6.45) is -2.69. The quantitative estimate of drug-likeness (QED) is 0.295. The molecule has 0 aliphatic carbocycles. The molecule has 14 nitrogen and oxygen atoms in total. The van der Waals surface area contributed by atoms with Crippen molar-refractivity contribution in [3.63, 3.8) is 0 Å². The van der Waals surface area contributed by atoms with Gasteiger partial charge in [-0.1, -0.05) is 17.7 Å². The van der Waals surface area contributed by atoms with Crippen LogP contribution in [0.4, 0.5) is 0 Å². The Bertz CT molecular complexity index is 1560. The number of carbonyl (C=O) groups excluding carboxylic acids is 3. The van der Waals surface area contributed by atoms with E-state index >= 15 is 0 Å². The second-order valence-corrected chi connectivity index (χ2v) is 10.3. The molecule has 0 saturated carbocycles. The van der Waals surface area contributed by atoms with E-state index in [0.29, 0.717) is 3.97 Å². The van der Waals surface area contributed by atoms with Crippen LogP contribution in [0.2, 0.25) is 0 Å². The van der Waals surface area contributed by atoms with Crippen LogP contribution in [0.3, 0.4) is 0 Å². The highest BCUT2D eigenvalue weighted by Gasteiger charge is 2.51. The Morgan fingerprint density at radius 1 is 0.947 bits per heavy atom. The van der Waals surface area contributed by atoms with Crippen molar-refractivity contribution >= 4 is 39.1 Å². The summed E-state index contributed by atoms with van der Waals surface area (Å²) >= 11 is 0. The molecule has 1 saturated heterocycles. The van der Waals surface area contributed by atoms with Crippen LogP contribution < -0.4 is 5.56 Å². The number of hydrogen-bond acceptors (Lipinski definition) is 12. The summed E-state index contributed by atoms with van der Waals surface area (Å²) in [5, 5.41) is 0. The van der Waals surface area contributed by atoms with Crippen LogP contribution in [-0.2, 0) is 43.4 Å². The molecule has 1 fully saturated rings. The van der Waals surface area contributed by atoms with Crippen molar-refractivity contribution in [2.75, 3.05) is 6.61 Å². The molecule has 3 aromatic rings. The zero-order valence-corrected chi connectivity index (χ0v) is 21.6. The van der Waals surface area contributed by atoms with Crippen LogP contribution in [0.1, 0.15) is 32.6 Å². The van der Waals surface area contributed by atoms with E-state index in [0.717, 1.165) is 32.1 Å². The highest BCUT2D eigenvalue weighted by atomic mass is 32.2. The molecular weight excluding hydrogens is 524 g/mol. The number of fused-ring (bicyclic) bond motifs is 1. The van der Waals surface area contributed by atoms with Crippen molar-refractivity contribution in [2.45, 2.75) is 57.1 Å². The van der Waals surface area contributed by atoms with Crippen molar-refractivity contribution in [3.8, 4) is 0 Å². The summed E-state index contributed by atoms with van der Waals surface area (Å²) in [5.41, 5.74) is -0.519. The Morgan fingerprint density at radius 3 is 2.18 bits per heavy atom. The van der Waals surface area contributed by atoms with E-state index in [1.165, 1.54) is 23.6 Å². The van der Waals surface area contributed by atoms with Gasteiger partial charge in [0.1, 0.15) is 19.0 Å². The first kappa shape index (κ1) is 26.9. The number of hydrogen-bond donors (Lipinski definition) is 0. The first-order valence-electron chi connectivity index (χ1n) is 11.3. The Morgan fingerprint density at radius 2 is 1.58 bits per heavy atom. The third kappa shape index (κ3) is 5.15. The summed E-state index contributed by atoms with van der Waals surface area (Å²) in [7, 11) is -4.27. The summed E-state index contributed by atoms with van der Waals surface area (Å²) in [6, 6.07) is 5.93. The van der Waals surface area contributed by atoms with Crippen LogP contribution in [0, 0.1) is 6.92 Å². The van der Waals surface area contributed by atoms with Crippen LogP contribution in [0.15, 0.2) is 46.6 Å². The van der Waals surface area contributed by atoms with Crippen molar-refractivity contribution in [1.29, 1.82) is 0 Å². The van der Waals surface area contributed by atoms with Gasteiger partial charge < -0.3 is 18.9 Å². The number of ether oxygens (including phenoxy) is 4. The Kier molecular flexibility index (Phi) is 7.33. The monoisotopic (exact) mass is 548 g/mol. The summed E-state index contributed by atoms with van der Waals surface area (Å²) in [6.45, 7) is 4.93. The van der Waals surface area contributed by atoms with Crippen LogP contribution in [0.25, 0.3) is 11.2 Å². The zero-order valence-electron chi connectivity index (χ0n) is 20.8. The molecule has 0 unspecified atom stereocenters. The fourth-order valence-corrected chi connectivity index (χ4v) is 5.18. The number of benzene rings is 1. The van der Waals surface area contributed by atoms with Crippen molar-refractivity contribution < 1.29 is 41.7 Å². The Balaban J connectivity index is 1.77. The fraction of sp³-hybridized carbons (Fsp3) is 0.391. The van der Waals surface area contributed by atoms with E-state index in [1.807, 2.05) is 0 Å². The fourth-order valence-electron chi connectivity index (χ4n) is 4.00. The summed E-state index contributed by atoms with van der Waals surface area (Å²) in [4.78, 5) is 56.2. The summed E-state index contributed by atoms with van der Waals surface area (Å²) < 4.78 is 49.5. The molecule has 0 amide bonds. The molecule has 3 heterocycles. The highest BCUT2D eigenvalue weighted by molar-refractivity contribution is 7.90. The highest BCUT2D eigenvalue weighted by Crippen LogP contribution is 2.35. The van der Waals surface area contributed by atoms with Gasteiger partial charge in [0.05, 0.1) is 11.2 Å². The van der Waals surface area contributed by atoms with Gasteiger partial charge in [-0.15, -0.1) is 0 Å². The molecule has 202 valence electrons. The zero-order chi connectivity index (χ0) is 27.8. The molecule has 2 aromatic heterocycles. The van der Waals surface area contributed by atoms with E-state index in [2.05, 4.69) is 9.97 Å². The largest absolute Gasteiger partial charge is 0.463 e. The normalized spacial score (nSPS) is 21.3. The van der Waals surface area contributed by atoms with Gasteiger partial charge in [0.15, 0.2) is 29.6 Å². The predicted octanol–water partition coefficient (Wildman–Crippen LogP) is 0.462. The van der Waals surface area contributed by atoms with Crippen LogP contribution in [0.5, 0.6) is 0 Å². The maximum atomic E-state index is 13.2. The van der Waals surface area contributed by atoms with E-state index in [9.17, 15) is 27.6 Å². The molecule has 4 rings (SSSR count). The molecule has 38 heavy (non-hydrogen) atoms. The standard InChI is InChI=1S/C23H24N4O10S/c1-12-5-7-16(8-6-12)38(32,33)27-11-25-21-18(22(27)31)24-10-26(21)23-20(36-15(4)30)19(35-14(3)29)17(37-23)9-34-13(2)28/h5-8,10-11,17,19-20,23H,9H2,1-4H3/t17-,19+,20+,23-/m0/s1. The predicted molar refractivity (Wildman–Crippen MR) is 127 cm³/mol. The lowest BCUT2D eigenvalue weighted by molar-refractivity contribution is -0.166. The van der Waals surface area contributed by atoms with E-state index in [1.54, 1.807) is 19.1 Å². The minimum Gasteiger partial charge on any atom is -0.463 e. The number of aromatic nitrogens is 4. The van der Waals surface area contributed by atoms with Gasteiger partial charge in [0, 0.05) is 20.8 Å². The minimum absolute atomic E-state index is 0.0813. The molecular formula is C23H24N4O10S. The lowest BCUT2D eigenvalue weighted by atomic mass is 10.1. The number of rotatable bonds is 7. The molecule has 0 N–H and O–H groups in total. The van der Waals surface area contributed by atoms with Crippen molar-refractivity contribution in [2.24, 2.45) is 0 Å². The van der Waals surface area contributed by atoms with Gasteiger partial charge in [0.2, 0.25) is 0 Å². The van der Waals surface area contributed by atoms with Crippen molar-refractivity contribution in [3.05, 3.63) is 52.8 Å². The average Bonchev–Trinajstić information content (AvgIpc) is 3.39. The van der Waals surface area contributed by atoms with Gasteiger partial charge in [-0.3, -0.25) is 23.7 Å². The third-order valence-corrected chi connectivity index (χ3v) is 7.29. The first-order valence-corrected chi connectivity index (χ1v) is 12.7. The molecule has 15 heteroatoms. The average molecular weight is 549 g/mol. The number of esters is 3. The topological polar surface area (TPSA) is 175 Å². The van der Waals surface area contributed by atoms with E-state index in [-0.39, 0.29) is 22.7 Å². The smallest absolute Gasteiger partial charge is 0.303 e. The molecule has 4 atom stereocenters. The minimum atomic E-state index is -4.27. The third-order valence-electron chi connectivity index (χ3n) is 5.65. The first-order chi connectivity index (χ1) is 17.9. The maximum absolute atomic E-state index is 13.2. The molecule has 1 aliphatic rings. The number of nitrogens with zero attached hydrogens (tertiary/aromatic N) is 4. The SMILES string of the molecule is CC(=O)OC[C@@H]1O[C@H](n2cnc3c(=O)n(S(=O)(=O)c4ccc(C)cc4)cnc32)[C@H](OC(C)=O)[C@@H]1OC(C)=O. The molecule has 0 radical (unpaired) electrons. The lowest BCUT2D eigenvalue weighted by Gasteiger charge is -2.23. The Hall–Kier alpha value is -4.11. The second kappa shape index (κ2) is 10.3. The molecule has 0 bridgehead atoms. The number of carbonyl (C=O) groups is 3. The van der Waals surface area contributed by atoms with Crippen LogP contribution in [-0.4, -0.2) is 69.8 Å². The van der Waals surface area contributed by atoms with Gasteiger partial charge in [0.25, 0.3) is 15.6 Å². The van der Waals surface area contributed by atoms with Gasteiger partial charge in [-0.2, -0.15) is 3.97 Å².